The lowest BCUT2D eigenvalue weighted by atomic mass is 10.2. The van der Waals surface area contributed by atoms with Gasteiger partial charge in [-0.2, -0.15) is 0 Å². The van der Waals surface area contributed by atoms with E-state index >= 15 is 0 Å². The van der Waals surface area contributed by atoms with Crippen LogP contribution in [0.3, 0.4) is 0 Å². The van der Waals surface area contributed by atoms with Gasteiger partial charge in [-0.15, -0.1) is 0 Å². The molecule has 0 fully saturated rings. The molecule has 0 saturated carbocycles. The Morgan fingerprint density at radius 1 is 1.00 bits per heavy atom. The molecule has 2 rings (SSSR count). The molecule has 0 radical (unpaired) electrons. The standard InChI is InChI=1S/C14H14N2/c1-2-12-7-5-8-14(16-12)10-9-13-6-3-4-11-15-13/h3-11H,2H2,1H3. The first kappa shape index (κ1) is 10.6. The first-order valence-electron chi connectivity index (χ1n) is 5.43. The van der Waals surface area contributed by atoms with Crippen LogP contribution in [0.1, 0.15) is 24.0 Å². The van der Waals surface area contributed by atoms with Gasteiger partial charge in [0.05, 0.1) is 11.4 Å². The van der Waals surface area contributed by atoms with Crippen LogP contribution in [0.2, 0.25) is 0 Å². The van der Waals surface area contributed by atoms with Crippen LogP contribution < -0.4 is 0 Å². The van der Waals surface area contributed by atoms with Gasteiger partial charge < -0.3 is 0 Å². The summed E-state index contributed by atoms with van der Waals surface area (Å²) in [6.45, 7) is 2.11. The molecule has 0 atom stereocenters. The highest BCUT2D eigenvalue weighted by Gasteiger charge is 1.92. The summed E-state index contributed by atoms with van der Waals surface area (Å²) >= 11 is 0. The Kier molecular flexibility index (Phi) is 3.44. The molecule has 0 spiro atoms. The van der Waals surface area contributed by atoms with Crippen molar-refractivity contribution in [3.05, 3.63) is 59.7 Å². The zero-order chi connectivity index (χ0) is 11.2. The molecule has 0 aliphatic carbocycles. The molecule has 0 saturated heterocycles. The van der Waals surface area contributed by atoms with Crippen LogP contribution >= 0.6 is 0 Å². The normalized spacial score (nSPS) is 10.8. The highest BCUT2D eigenvalue weighted by molar-refractivity contribution is 5.65. The summed E-state index contributed by atoms with van der Waals surface area (Å²) in [4.78, 5) is 8.71. The highest BCUT2D eigenvalue weighted by Crippen LogP contribution is 2.05. The van der Waals surface area contributed by atoms with Gasteiger partial charge in [0.1, 0.15) is 0 Å². The molecule has 16 heavy (non-hydrogen) atoms. The average molecular weight is 210 g/mol. The molecule has 0 aliphatic heterocycles. The number of aromatic nitrogens is 2. The molecule has 2 nitrogen and oxygen atoms in total. The minimum Gasteiger partial charge on any atom is -0.257 e. The second-order valence-corrected chi connectivity index (χ2v) is 3.50. The molecule has 0 amide bonds. The van der Waals surface area contributed by atoms with Crippen molar-refractivity contribution in [2.24, 2.45) is 0 Å². The maximum Gasteiger partial charge on any atom is 0.0633 e. The van der Waals surface area contributed by atoms with E-state index in [1.807, 2.05) is 48.6 Å². The van der Waals surface area contributed by atoms with Crippen molar-refractivity contribution in [1.82, 2.24) is 9.97 Å². The summed E-state index contributed by atoms with van der Waals surface area (Å²) < 4.78 is 0. The molecule has 2 aromatic rings. The van der Waals surface area contributed by atoms with Gasteiger partial charge in [0.2, 0.25) is 0 Å². The monoisotopic (exact) mass is 210 g/mol. The second-order valence-electron chi connectivity index (χ2n) is 3.50. The van der Waals surface area contributed by atoms with Crippen molar-refractivity contribution in [1.29, 1.82) is 0 Å². The van der Waals surface area contributed by atoms with Gasteiger partial charge in [-0.3, -0.25) is 9.97 Å². The Morgan fingerprint density at radius 2 is 1.81 bits per heavy atom. The number of hydrogen-bond acceptors (Lipinski definition) is 2. The smallest absolute Gasteiger partial charge is 0.0633 e. The van der Waals surface area contributed by atoms with Gasteiger partial charge in [0, 0.05) is 11.9 Å². The van der Waals surface area contributed by atoms with E-state index in [1.54, 1.807) is 6.20 Å². The van der Waals surface area contributed by atoms with Crippen LogP contribution in [-0.4, -0.2) is 9.97 Å². The molecule has 0 N–H and O–H groups in total. The SMILES string of the molecule is CCc1cccc(C=Cc2ccccn2)n1. The fraction of sp³-hybridized carbons (Fsp3) is 0.143. The number of pyridine rings is 2. The summed E-state index contributed by atoms with van der Waals surface area (Å²) in [5.41, 5.74) is 3.04. The summed E-state index contributed by atoms with van der Waals surface area (Å²) in [7, 11) is 0. The first-order chi connectivity index (χ1) is 7.88. The molecular weight excluding hydrogens is 196 g/mol. The number of rotatable bonds is 3. The quantitative estimate of drug-likeness (QED) is 0.777. The van der Waals surface area contributed by atoms with E-state index in [4.69, 9.17) is 0 Å². The predicted octanol–water partition coefficient (Wildman–Crippen LogP) is 3.21. The Morgan fingerprint density at radius 3 is 2.56 bits per heavy atom. The third kappa shape index (κ3) is 2.76. The predicted molar refractivity (Wildman–Crippen MR) is 66.8 cm³/mol. The molecule has 0 aromatic carbocycles. The molecule has 2 heteroatoms. The molecule has 80 valence electrons. The van der Waals surface area contributed by atoms with Gasteiger partial charge in [-0.05, 0) is 42.8 Å². The lowest BCUT2D eigenvalue weighted by Gasteiger charge is -1.97. The van der Waals surface area contributed by atoms with E-state index in [0.29, 0.717) is 0 Å². The maximum atomic E-state index is 4.49. The van der Waals surface area contributed by atoms with E-state index in [2.05, 4.69) is 16.9 Å². The highest BCUT2D eigenvalue weighted by atomic mass is 14.7. The molecule has 2 aromatic heterocycles. The lowest BCUT2D eigenvalue weighted by molar-refractivity contribution is 1.03. The van der Waals surface area contributed by atoms with Gasteiger partial charge in [0.25, 0.3) is 0 Å². The molecule has 0 aliphatic rings. The van der Waals surface area contributed by atoms with Gasteiger partial charge in [0.15, 0.2) is 0 Å². The summed E-state index contributed by atoms with van der Waals surface area (Å²) in [5, 5.41) is 0. The van der Waals surface area contributed by atoms with Crippen LogP contribution in [0.5, 0.6) is 0 Å². The summed E-state index contributed by atoms with van der Waals surface area (Å²) in [6.07, 6.45) is 6.71. The Balaban J connectivity index is 2.17. The molecule has 0 unspecified atom stereocenters. The van der Waals surface area contributed by atoms with Crippen LogP contribution in [0.4, 0.5) is 0 Å². The zero-order valence-corrected chi connectivity index (χ0v) is 9.30. The van der Waals surface area contributed by atoms with Crippen LogP contribution in [0.15, 0.2) is 42.6 Å². The van der Waals surface area contributed by atoms with Crippen molar-refractivity contribution >= 4 is 12.2 Å². The van der Waals surface area contributed by atoms with Crippen molar-refractivity contribution in [3.8, 4) is 0 Å². The van der Waals surface area contributed by atoms with E-state index in [0.717, 1.165) is 23.5 Å². The van der Waals surface area contributed by atoms with Crippen LogP contribution in [0, 0.1) is 0 Å². The Hall–Kier alpha value is -1.96. The largest absolute Gasteiger partial charge is 0.257 e. The van der Waals surface area contributed by atoms with Crippen molar-refractivity contribution < 1.29 is 0 Å². The number of hydrogen-bond donors (Lipinski definition) is 0. The number of aryl methyl sites for hydroxylation is 1. The van der Waals surface area contributed by atoms with E-state index in [-0.39, 0.29) is 0 Å². The average Bonchev–Trinajstić information content (AvgIpc) is 2.38. The third-order valence-corrected chi connectivity index (χ3v) is 2.30. The van der Waals surface area contributed by atoms with Crippen LogP contribution in [0.25, 0.3) is 12.2 Å². The second kappa shape index (κ2) is 5.21. The van der Waals surface area contributed by atoms with Crippen molar-refractivity contribution in [2.75, 3.05) is 0 Å². The number of nitrogens with zero attached hydrogens (tertiary/aromatic N) is 2. The summed E-state index contributed by atoms with van der Waals surface area (Å²) in [5.74, 6) is 0. The van der Waals surface area contributed by atoms with E-state index < -0.39 is 0 Å². The van der Waals surface area contributed by atoms with Crippen molar-refractivity contribution in [2.45, 2.75) is 13.3 Å². The first-order valence-corrected chi connectivity index (χ1v) is 5.43. The third-order valence-electron chi connectivity index (χ3n) is 2.30. The Labute approximate surface area is 95.7 Å². The summed E-state index contributed by atoms with van der Waals surface area (Å²) in [6, 6.07) is 11.9. The van der Waals surface area contributed by atoms with Gasteiger partial charge in [-0.1, -0.05) is 19.1 Å². The fourth-order valence-electron chi connectivity index (χ4n) is 1.43. The molecular formula is C14H14N2. The van der Waals surface area contributed by atoms with Crippen molar-refractivity contribution in [3.63, 3.8) is 0 Å². The van der Waals surface area contributed by atoms with E-state index in [9.17, 15) is 0 Å². The fourth-order valence-corrected chi connectivity index (χ4v) is 1.43. The lowest BCUT2D eigenvalue weighted by Crippen LogP contribution is -1.88. The minimum atomic E-state index is 0.950. The zero-order valence-electron chi connectivity index (χ0n) is 9.30. The minimum absolute atomic E-state index is 0.950. The van der Waals surface area contributed by atoms with Crippen LogP contribution in [-0.2, 0) is 6.42 Å². The maximum absolute atomic E-state index is 4.49. The van der Waals surface area contributed by atoms with Gasteiger partial charge >= 0.3 is 0 Å². The Bertz CT molecular complexity index is 475. The molecule has 2 heterocycles. The van der Waals surface area contributed by atoms with E-state index in [1.165, 1.54) is 0 Å². The molecule has 0 bridgehead atoms. The topological polar surface area (TPSA) is 25.8 Å². The van der Waals surface area contributed by atoms with Gasteiger partial charge in [-0.25, -0.2) is 0 Å².